The van der Waals surface area contributed by atoms with Crippen LogP contribution < -0.4 is 0 Å². The second-order valence-corrected chi connectivity index (χ2v) is 8.89. The molecule has 0 fully saturated rings. The van der Waals surface area contributed by atoms with Gasteiger partial charge in [-0.15, -0.1) is 0 Å². The van der Waals surface area contributed by atoms with Gasteiger partial charge in [-0.3, -0.25) is 0 Å². The van der Waals surface area contributed by atoms with E-state index in [2.05, 4.69) is 33.9 Å². The molecule has 0 rings (SSSR count). The number of hydrogen-bond donors (Lipinski definition) is 1. The lowest BCUT2D eigenvalue weighted by Crippen LogP contribution is -2.39. The summed E-state index contributed by atoms with van der Waals surface area (Å²) in [6.45, 7) is 11.2. The molecule has 0 saturated heterocycles. The topological polar surface area (TPSA) is 29.5 Å². The minimum atomic E-state index is -1.38. The monoisotopic (exact) mass is 178 g/mol. The highest BCUT2D eigenvalue weighted by Gasteiger charge is 2.35. The van der Waals surface area contributed by atoms with Gasteiger partial charge < -0.3 is 9.53 Å². The molecule has 70 valence electrons. The maximum Gasteiger partial charge on any atom is 0.191 e. The molecule has 0 heterocycles. The molecule has 0 bridgehead atoms. The highest BCUT2D eigenvalue weighted by atomic mass is 28.4. The Balaban J connectivity index is 0. The van der Waals surface area contributed by atoms with Crippen molar-refractivity contribution in [2.24, 2.45) is 0 Å². The van der Waals surface area contributed by atoms with Crippen molar-refractivity contribution in [3.63, 3.8) is 0 Å². The Bertz CT molecular complexity index is 94.8. The van der Waals surface area contributed by atoms with Gasteiger partial charge in [0.1, 0.15) is 0 Å². The third-order valence-corrected chi connectivity index (χ3v) is 6.95. The van der Waals surface area contributed by atoms with E-state index in [0.717, 1.165) is 7.11 Å². The lowest BCUT2D eigenvalue weighted by atomic mass is 10.2. The van der Waals surface area contributed by atoms with Gasteiger partial charge in [-0.2, -0.15) is 0 Å². The molecule has 0 aromatic rings. The Morgan fingerprint density at radius 3 is 1.36 bits per heavy atom. The van der Waals surface area contributed by atoms with Gasteiger partial charge in [0.05, 0.1) is 0 Å². The minimum absolute atomic E-state index is 0.363. The first-order valence-corrected chi connectivity index (χ1v) is 6.72. The van der Waals surface area contributed by atoms with E-state index in [-0.39, 0.29) is 0 Å². The average Bonchev–Trinajstić information content (AvgIpc) is 1.90. The third-order valence-electron chi connectivity index (χ3n) is 2.32. The number of hydrogen-bond acceptors (Lipinski definition) is 2. The summed E-state index contributed by atoms with van der Waals surface area (Å²) in [5, 5.41) is 7.36. The maximum absolute atomic E-state index is 7.00. The molecule has 0 saturated carbocycles. The Morgan fingerprint density at radius 2 is 1.36 bits per heavy atom. The summed E-state index contributed by atoms with van der Waals surface area (Å²) in [5.41, 5.74) is 0. The van der Waals surface area contributed by atoms with E-state index < -0.39 is 8.32 Å². The molecule has 0 aliphatic carbocycles. The first-order valence-electron chi connectivity index (χ1n) is 3.81. The molecular weight excluding hydrogens is 156 g/mol. The van der Waals surface area contributed by atoms with E-state index in [4.69, 9.17) is 9.53 Å². The predicted molar refractivity (Wildman–Crippen MR) is 52.3 cm³/mol. The molecule has 3 heteroatoms. The van der Waals surface area contributed by atoms with E-state index in [0.29, 0.717) is 5.04 Å². The number of rotatable bonds is 1. The second-order valence-electron chi connectivity index (χ2n) is 3.96. The lowest BCUT2D eigenvalue weighted by Gasteiger charge is -2.34. The minimum Gasteiger partial charge on any atom is -0.420 e. The summed E-state index contributed by atoms with van der Waals surface area (Å²) < 4.78 is 5.44. The fourth-order valence-electron chi connectivity index (χ4n) is 0.306. The van der Waals surface area contributed by atoms with E-state index in [9.17, 15) is 0 Å². The second kappa shape index (κ2) is 4.90. The lowest BCUT2D eigenvalue weighted by molar-refractivity contribution is 0.373. The van der Waals surface area contributed by atoms with Crippen LogP contribution in [0.25, 0.3) is 0 Å². The molecule has 0 aliphatic heterocycles. The van der Waals surface area contributed by atoms with Gasteiger partial charge in [0.15, 0.2) is 8.32 Å². The third kappa shape index (κ3) is 4.56. The smallest absolute Gasteiger partial charge is 0.191 e. The van der Waals surface area contributed by atoms with Crippen LogP contribution in [0.15, 0.2) is 0 Å². The summed E-state index contributed by atoms with van der Waals surface area (Å²) >= 11 is 0. The first-order chi connectivity index (χ1) is 4.81. The van der Waals surface area contributed by atoms with Gasteiger partial charge in [-0.05, 0) is 18.1 Å². The van der Waals surface area contributed by atoms with Crippen LogP contribution in [0.2, 0.25) is 18.1 Å². The molecule has 0 unspecified atom stereocenters. The highest BCUT2D eigenvalue weighted by molar-refractivity contribution is 6.74. The molecule has 1 N–H and O–H groups in total. The zero-order chi connectivity index (χ0) is 9.71. The van der Waals surface area contributed by atoms with Crippen molar-refractivity contribution in [2.75, 3.05) is 14.2 Å². The zero-order valence-electron chi connectivity index (χ0n) is 8.86. The number of aliphatic hydroxyl groups is 1. The van der Waals surface area contributed by atoms with Crippen LogP contribution in [0, 0.1) is 0 Å². The molecule has 11 heavy (non-hydrogen) atoms. The van der Waals surface area contributed by atoms with Crippen LogP contribution in [0.3, 0.4) is 0 Å². The van der Waals surface area contributed by atoms with Gasteiger partial charge >= 0.3 is 0 Å². The van der Waals surface area contributed by atoms with E-state index in [1.54, 1.807) is 0 Å². The van der Waals surface area contributed by atoms with Crippen LogP contribution in [0.4, 0.5) is 0 Å². The zero-order valence-corrected chi connectivity index (χ0v) is 9.86. The Hall–Kier alpha value is 0.137. The summed E-state index contributed by atoms with van der Waals surface area (Å²) in [6, 6.07) is 0. The molecule has 0 aliphatic rings. The van der Waals surface area contributed by atoms with Crippen LogP contribution in [-0.4, -0.2) is 27.6 Å². The van der Waals surface area contributed by atoms with Crippen LogP contribution >= 0.6 is 0 Å². The Labute approximate surface area is 71.7 Å². The van der Waals surface area contributed by atoms with Crippen LogP contribution in [-0.2, 0) is 4.43 Å². The standard InChI is InChI=1S/C7H18OSi.CH4O/c1-7(2,3)9(5,6)8-4;1-2/h1-6H3;2H,1H3. The largest absolute Gasteiger partial charge is 0.420 e. The Morgan fingerprint density at radius 1 is 1.09 bits per heavy atom. The summed E-state index contributed by atoms with van der Waals surface area (Å²) in [7, 11) is 1.44. The Kier molecular flexibility index (Phi) is 6.11. The molecule has 0 radical (unpaired) electrons. The summed E-state index contributed by atoms with van der Waals surface area (Å²) in [5.74, 6) is 0. The fourth-order valence-corrected chi connectivity index (χ4v) is 0.919. The van der Waals surface area contributed by atoms with E-state index in [1.807, 2.05) is 7.11 Å². The van der Waals surface area contributed by atoms with E-state index in [1.165, 1.54) is 0 Å². The van der Waals surface area contributed by atoms with Crippen molar-refractivity contribution in [3.8, 4) is 0 Å². The van der Waals surface area contributed by atoms with Gasteiger partial charge in [-0.25, -0.2) is 0 Å². The van der Waals surface area contributed by atoms with Crippen molar-refractivity contribution >= 4 is 8.32 Å². The fraction of sp³-hybridized carbons (Fsp3) is 1.00. The SMILES string of the molecule is CO.CO[Si](C)(C)C(C)(C)C. The van der Waals surface area contributed by atoms with Crippen molar-refractivity contribution in [3.05, 3.63) is 0 Å². The van der Waals surface area contributed by atoms with Gasteiger partial charge in [0.25, 0.3) is 0 Å². The summed E-state index contributed by atoms with van der Waals surface area (Å²) in [4.78, 5) is 0. The average molecular weight is 178 g/mol. The summed E-state index contributed by atoms with van der Waals surface area (Å²) in [6.07, 6.45) is 0. The van der Waals surface area contributed by atoms with E-state index >= 15 is 0 Å². The van der Waals surface area contributed by atoms with Crippen molar-refractivity contribution < 1.29 is 9.53 Å². The molecule has 0 amide bonds. The van der Waals surface area contributed by atoms with Crippen molar-refractivity contribution in [2.45, 2.75) is 38.9 Å². The molecule has 0 spiro atoms. The van der Waals surface area contributed by atoms with Crippen LogP contribution in [0.5, 0.6) is 0 Å². The van der Waals surface area contributed by atoms with Gasteiger partial charge in [0.2, 0.25) is 0 Å². The normalized spacial score (nSPS) is 12.0. The predicted octanol–water partition coefficient (Wildman–Crippen LogP) is 2.25. The molecule has 0 aromatic heterocycles. The van der Waals surface area contributed by atoms with Crippen LogP contribution in [0.1, 0.15) is 20.8 Å². The quantitative estimate of drug-likeness (QED) is 0.624. The molecular formula is C8H22O2Si. The van der Waals surface area contributed by atoms with Crippen molar-refractivity contribution in [1.29, 1.82) is 0 Å². The highest BCUT2D eigenvalue weighted by Crippen LogP contribution is 2.35. The maximum atomic E-state index is 7.00. The van der Waals surface area contributed by atoms with Crippen molar-refractivity contribution in [1.82, 2.24) is 0 Å². The molecule has 2 nitrogen and oxygen atoms in total. The molecule has 0 atom stereocenters. The first kappa shape index (κ1) is 13.7. The van der Waals surface area contributed by atoms with Gasteiger partial charge in [-0.1, -0.05) is 20.8 Å². The number of aliphatic hydroxyl groups excluding tert-OH is 1. The molecule has 0 aromatic carbocycles. The van der Waals surface area contributed by atoms with Gasteiger partial charge in [0, 0.05) is 14.2 Å².